The summed E-state index contributed by atoms with van der Waals surface area (Å²) in [5.41, 5.74) is 0.589. The maximum atomic E-state index is 12.5. The van der Waals surface area contributed by atoms with Gasteiger partial charge in [0.15, 0.2) is 0 Å². The fraction of sp³-hybridized carbons (Fsp3) is 1.00. The molecule has 1 saturated carbocycles. The molecule has 0 amide bonds. The molecule has 0 radical (unpaired) electrons. The van der Waals surface area contributed by atoms with E-state index in [9.17, 15) is 4.57 Å². The molecule has 1 atom stereocenters. The highest BCUT2D eigenvalue weighted by atomic mass is 31.2. The lowest BCUT2D eigenvalue weighted by atomic mass is 10.0. The lowest BCUT2D eigenvalue weighted by molar-refractivity contribution is 0.482. The molecule has 0 aliphatic heterocycles. The SMILES string of the molecule is CCC[P@](=O)(CC)C1CCCCC1. The normalized spacial score (nSPS) is 24.2. The monoisotopic (exact) mass is 202 g/mol. The molecule has 0 N–H and O–H groups in total. The Morgan fingerprint density at radius 1 is 1.15 bits per heavy atom. The smallest absolute Gasteiger partial charge is 0.0904 e. The zero-order chi connectivity index (χ0) is 9.73. The van der Waals surface area contributed by atoms with E-state index in [1.54, 1.807) is 0 Å². The van der Waals surface area contributed by atoms with Crippen LogP contribution in [0.15, 0.2) is 0 Å². The Balaban J connectivity index is 2.57. The predicted molar refractivity (Wildman–Crippen MR) is 60.2 cm³/mol. The first-order chi connectivity index (χ1) is 6.23. The van der Waals surface area contributed by atoms with Gasteiger partial charge in [-0.3, -0.25) is 0 Å². The second-order valence-corrected chi connectivity index (χ2v) is 8.00. The summed E-state index contributed by atoms with van der Waals surface area (Å²) in [5.74, 6) is 0. The van der Waals surface area contributed by atoms with Crippen LogP contribution in [0.25, 0.3) is 0 Å². The average Bonchev–Trinajstić information content (AvgIpc) is 2.19. The van der Waals surface area contributed by atoms with E-state index >= 15 is 0 Å². The van der Waals surface area contributed by atoms with Gasteiger partial charge in [-0.25, -0.2) is 0 Å². The van der Waals surface area contributed by atoms with Crippen molar-refractivity contribution in [1.29, 1.82) is 0 Å². The van der Waals surface area contributed by atoms with Crippen LogP contribution in [0.4, 0.5) is 0 Å². The van der Waals surface area contributed by atoms with Crippen molar-refractivity contribution < 1.29 is 4.57 Å². The Morgan fingerprint density at radius 3 is 2.23 bits per heavy atom. The first-order valence-corrected chi connectivity index (χ1v) is 7.95. The second-order valence-electron chi connectivity index (χ2n) is 4.28. The van der Waals surface area contributed by atoms with Crippen molar-refractivity contribution >= 4 is 7.14 Å². The van der Waals surface area contributed by atoms with Gasteiger partial charge in [0.1, 0.15) is 0 Å². The van der Waals surface area contributed by atoms with Crippen LogP contribution < -0.4 is 0 Å². The zero-order valence-corrected chi connectivity index (χ0v) is 9.98. The minimum absolute atomic E-state index is 0.589. The maximum absolute atomic E-state index is 12.5. The molecule has 0 aromatic carbocycles. The quantitative estimate of drug-likeness (QED) is 0.627. The topological polar surface area (TPSA) is 17.1 Å². The van der Waals surface area contributed by atoms with Crippen molar-refractivity contribution in [2.45, 2.75) is 58.0 Å². The van der Waals surface area contributed by atoms with Gasteiger partial charge >= 0.3 is 0 Å². The lowest BCUT2D eigenvalue weighted by Gasteiger charge is -2.29. The highest BCUT2D eigenvalue weighted by molar-refractivity contribution is 7.64. The van der Waals surface area contributed by atoms with Crippen LogP contribution in [0.5, 0.6) is 0 Å². The third-order valence-electron chi connectivity index (χ3n) is 3.38. The largest absolute Gasteiger partial charge is 0.323 e. The van der Waals surface area contributed by atoms with E-state index in [1.165, 1.54) is 32.1 Å². The highest BCUT2D eigenvalue weighted by Crippen LogP contribution is 2.55. The fourth-order valence-corrected chi connectivity index (χ4v) is 5.79. The predicted octanol–water partition coefficient (Wildman–Crippen LogP) is 4.11. The van der Waals surface area contributed by atoms with Crippen LogP contribution in [-0.4, -0.2) is 18.0 Å². The summed E-state index contributed by atoms with van der Waals surface area (Å²) in [6.07, 6.45) is 9.51. The number of rotatable bonds is 4. The highest BCUT2D eigenvalue weighted by Gasteiger charge is 2.30. The van der Waals surface area contributed by atoms with Crippen molar-refractivity contribution in [3.8, 4) is 0 Å². The Morgan fingerprint density at radius 2 is 1.77 bits per heavy atom. The van der Waals surface area contributed by atoms with Crippen LogP contribution >= 0.6 is 7.14 Å². The standard InChI is InChI=1S/C11H23OP/c1-3-10-13(12,4-2)11-8-6-5-7-9-11/h11H,3-10H2,1-2H3/t13-/m1/s1. The van der Waals surface area contributed by atoms with Crippen LogP contribution in [-0.2, 0) is 4.57 Å². The lowest BCUT2D eigenvalue weighted by Crippen LogP contribution is -2.16. The third kappa shape index (κ3) is 2.84. The molecule has 0 spiro atoms. The van der Waals surface area contributed by atoms with E-state index in [2.05, 4.69) is 13.8 Å². The number of hydrogen-bond acceptors (Lipinski definition) is 1. The summed E-state index contributed by atoms with van der Waals surface area (Å²) in [4.78, 5) is 0. The van der Waals surface area contributed by atoms with Crippen molar-refractivity contribution in [2.75, 3.05) is 12.3 Å². The Hall–Kier alpha value is 0.230. The fourth-order valence-electron chi connectivity index (χ4n) is 2.53. The molecule has 78 valence electrons. The first-order valence-electron chi connectivity index (χ1n) is 5.80. The van der Waals surface area contributed by atoms with Gasteiger partial charge in [0.25, 0.3) is 0 Å². The van der Waals surface area contributed by atoms with E-state index < -0.39 is 7.14 Å². The Labute approximate surface area is 82.7 Å². The summed E-state index contributed by atoms with van der Waals surface area (Å²) in [5, 5.41) is 0. The van der Waals surface area contributed by atoms with Gasteiger partial charge in [0.05, 0.1) is 7.14 Å². The van der Waals surface area contributed by atoms with Crippen LogP contribution in [0.2, 0.25) is 0 Å². The van der Waals surface area contributed by atoms with E-state index in [1.807, 2.05) is 0 Å². The Bertz CT molecular complexity index is 183. The molecule has 1 fully saturated rings. The van der Waals surface area contributed by atoms with Crippen LogP contribution in [0.1, 0.15) is 52.4 Å². The number of hydrogen-bond donors (Lipinski definition) is 0. The molecule has 1 aliphatic carbocycles. The molecular weight excluding hydrogens is 179 g/mol. The average molecular weight is 202 g/mol. The second kappa shape index (κ2) is 5.20. The van der Waals surface area contributed by atoms with Crippen molar-refractivity contribution in [2.24, 2.45) is 0 Å². The molecule has 13 heavy (non-hydrogen) atoms. The molecule has 0 saturated heterocycles. The summed E-state index contributed by atoms with van der Waals surface area (Å²) < 4.78 is 12.5. The molecule has 1 aliphatic rings. The third-order valence-corrected chi connectivity index (χ3v) is 7.50. The van der Waals surface area contributed by atoms with E-state index in [-0.39, 0.29) is 0 Å². The molecule has 0 bridgehead atoms. The molecule has 2 heteroatoms. The van der Waals surface area contributed by atoms with E-state index in [4.69, 9.17) is 0 Å². The van der Waals surface area contributed by atoms with Gasteiger partial charge in [-0.15, -0.1) is 0 Å². The molecule has 0 aromatic heterocycles. The molecule has 0 aromatic rings. The molecular formula is C11H23OP. The van der Waals surface area contributed by atoms with Gasteiger partial charge in [-0.1, -0.05) is 33.1 Å². The van der Waals surface area contributed by atoms with Crippen LogP contribution in [0, 0.1) is 0 Å². The minimum atomic E-state index is -1.78. The Kier molecular flexibility index (Phi) is 4.52. The van der Waals surface area contributed by atoms with Crippen molar-refractivity contribution in [3.05, 3.63) is 0 Å². The van der Waals surface area contributed by atoms with Gasteiger partial charge in [-0.2, -0.15) is 0 Å². The summed E-state index contributed by atoms with van der Waals surface area (Å²) in [7, 11) is -1.78. The summed E-state index contributed by atoms with van der Waals surface area (Å²) in [6, 6.07) is 0. The van der Waals surface area contributed by atoms with Crippen molar-refractivity contribution in [1.82, 2.24) is 0 Å². The molecule has 1 rings (SSSR count). The minimum Gasteiger partial charge on any atom is -0.323 e. The summed E-state index contributed by atoms with van der Waals surface area (Å²) >= 11 is 0. The van der Waals surface area contributed by atoms with Gasteiger partial charge in [-0.05, 0) is 25.4 Å². The van der Waals surface area contributed by atoms with Crippen molar-refractivity contribution in [3.63, 3.8) is 0 Å². The molecule has 1 nitrogen and oxygen atoms in total. The van der Waals surface area contributed by atoms with E-state index in [0.717, 1.165) is 18.7 Å². The zero-order valence-electron chi connectivity index (χ0n) is 9.09. The molecule has 0 heterocycles. The summed E-state index contributed by atoms with van der Waals surface area (Å²) in [6.45, 7) is 4.27. The van der Waals surface area contributed by atoms with E-state index in [0.29, 0.717) is 5.66 Å². The maximum Gasteiger partial charge on any atom is 0.0904 e. The molecule has 0 unspecified atom stereocenters. The van der Waals surface area contributed by atoms with Crippen LogP contribution in [0.3, 0.4) is 0 Å². The van der Waals surface area contributed by atoms with Gasteiger partial charge < -0.3 is 4.57 Å². The van der Waals surface area contributed by atoms with Gasteiger partial charge in [0.2, 0.25) is 0 Å². The first kappa shape index (κ1) is 11.3. The van der Waals surface area contributed by atoms with Gasteiger partial charge in [0, 0.05) is 11.8 Å².